The molecule has 0 aromatic heterocycles. The first-order valence-corrected chi connectivity index (χ1v) is 7.61. The smallest absolute Gasteiger partial charge is 0.139 e. The monoisotopic (exact) mass is 353 g/mol. The van der Waals surface area contributed by atoms with Gasteiger partial charge in [0.05, 0.1) is 16.1 Å². The van der Waals surface area contributed by atoms with Crippen molar-refractivity contribution < 1.29 is 4.74 Å². The normalized spacial score (nSPS) is 12.5. The van der Waals surface area contributed by atoms with Gasteiger partial charge < -0.3 is 10.1 Å². The Morgan fingerprint density at radius 1 is 1.33 bits per heavy atom. The largest absolute Gasteiger partial charge is 0.489 e. The Morgan fingerprint density at radius 2 is 2.06 bits per heavy atom. The number of nitrogens with one attached hydrogen (secondary N) is 1. The van der Waals surface area contributed by atoms with Gasteiger partial charge in [0, 0.05) is 10.5 Å². The Morgan fingerprint density at radius 3 is 2.72 bits per heavy atom. The minimum Gasteiger partial charge on any atom is -0.489 e. The van der Waals surface area contributed by atoms with Crippen LogP contribution in [0.3, 0.4) is 0 Å². The zero-order chi connectivity index (χ0) is 13.5. The summed E-state index contributed by atoms with van der Waals surface area (Å²) in [6.45, 7) is 6.16. The van der Waals surface area contributed by atoms with E-state index < -0.39 is 0 Å². The van der Waals surface area contributed by atoms with Crippen molar-refractivity contribution in [3.05, 3.63) is 26.7 Å². The molecule has 1 rings (SSSR count). The number of ether oxygens (including phenoxy) is 1. The van der Waals surface area contributed by atoms with Gasteiger partial charge in [-0.15, -0.1) is 0 Å². The van der Waals surface area contributed by atoms with E-state index in [0.29, 0.717) is 15.8 Å². The van der Waals surface area contributed by atoms with Crippen LogP contribution in [0, 0.1) is 0 Å². The van der Waals surface area contributed by atoms with Crippen LogP contribution in [-0.2, 0) is 0 Å². The summed E-state index contributed by atoms with van der Waals surface area (Å²) in [6.07, 6.45) is 2.19. The van der Waals surface area contributed by atoms with Crippen LogP contribution in [0.2, 0.25) is 10.0 Å². The highest BCUT2D eigenvalue weighted by molar-refractivity contribution is 9.10. The van der Waals surface area contributed by atoms with E-state index in [1.165, 1.54) is 0 Å². The van der Waals surface area contributed by atoms with Gasteiger partial charge in [-0.05, 0) is 54.9 Å². The lowest BCUT2D eigenvalue weighted by molar-refractivity contribution is 0.207. The molecule has 0 amide bonds. The SMILES string of the molecule is CCNCCCC(C)Oc1cc(Cl)c(Br)cc1Cl. The van der Waals surface area contributed by atoms with Gasteiger partial charge in [0.2, 0.25) is 0 Å². The van der Waals surface area contributed by atoms with Gasteiger partial charge in [-0.1, -0.05) is 30.1 Å². The van der Waals surface area contributed by atoms with Gasteiger partial charge in [-0.25, -0.2) is 0 Å². The molecule has 18 heavy (non-hydrogen) atoms. The zero-order valence-electron chi connectivity index (χ0n) is 10.6. The van der Waals surface area contributed by atoms with E-state index in [4.69, 9.17) is 27.9 Å². The van der Waals surface area contributed by atoms with Crippen molar-refractivity contribution >= 4 is 39.1 Å². The molecule has 0 radical (unpaired) electrons. The highest BCUT2D eigenvalue weighted by atomic mass is 79.9. The lowest BCUT2D eigenvalue weighted by atomic mass is 10.2. The van der Waals surface area contributed by atoms with Crippen LogP contribution < -0.4 is 10.1 Å². The average Bonchev–Trinajstić information content (AvgIpc) is 2.32. The second-order valence-corrected chi connectivity index (χ2v) is 5.79. The molecular weight excluding hydrogens is 337 g/mol. The first-order valence-electron chi connectivity index (χ1n) is 6.06. The molecular formula is C13H18BrCl2NO. The molecule has 0 spiro atoms. The quantitative estimate of drug-likeness (QED) is 0.554. The minimum atomic E-state index is 0.124. The van der Waals surface area contributed by atoms with Crippen LogP contribution in [0.5, 0.6) is 5.75 Å². The van der Waals surface area contributed by atoms with E-state index in [1.54, 1.807) is 12.1 Å². The fraction of sp³-hybridized carbons (Fsp3) is 0.538. The van der Waals surface area contributed by atoms with E-state index in [0.717, 1.165) is 30.4 Å². The van der Waals surface area contributed by atoms with Crippen LogP contribution in [0.25, 0.3) is 0 Å². The van der Waals surface area contributed by atoms with E-state index in [9.17, 15) is 0 Å². The van der Waals surface area contributed by atoms with Crippen LogP contribution in [0.4, 0.5) is 0 Å². The fourth-order valence-corrected chi connectivity index (χ4v) is 2.40. The third-order valence-electron chi connectivity index (χ3n) is 2.52. The summed E-state index contributed by atoms with van der Waals surface area (Å²) in [4.78, 5) is 0. The fourth-order valence-electron chi connectivity index (χ4n) is 1.56. The average molecular weight is 355 g/mol. The van der Waals surface area contributed by atoms with Crippen molar-refractivity contribution in [1.29, 1.82) is 0 Å². The van der Waals surface area contributed by atoms with Crippen molar-refractivity contribution in [2.45, 2.75) is 32.8 Å². The van der Waals surface area contributed by atoms with E-state index >= 15 is 0 Å². The summed E-state index contributed by atoms with van der Waals surface area (Å²) in [5.41, 5.74) is 0. The van der Waals surface area contributed by atoms with Crippen LogP contribution in [0.15, 0.2) is 16.6 Å². The Bertz CT molecular complexity index is 387. The molecule has 0 saturated carbocycles. The molecule has 0 aliphatic heterocycles. The van der Waals surface area contributed by atoms with Crippen LogP contribution in [0.1, 0.15) is 26.7 Å². The molecule has 0 aliphatic rings. The molecule has 0 saturated heterocycles. The summed E-state index contributed by atoms with van der Waals surface area (Å²) in [5.74, 6) is 0.640. The predicted octanol–water partition coefficient (Wildman–Crippen LogP) is 4.91. The molecule has 5 heteroatoms. The van der Waals surface area contributed by atoms with Gasteiger partial charge in [-0.3, -0.25) is 0 Å². The van der Waals surface area contributed by atoms with Crippen molar-refractivity contribution in [2.75, 3.05) is 13.1 Å². The molecule has 1 N–H and O–H groups in total. The maximum absolute atomic E-state index is 6.10. The van der Waals surface area contributed by atoms with Crippen molar-refractivity contribution in [3.63, 3.8) is 0 Å². The maximum Gasteiger partial charge on any atom is 0.139 e. The highest BCUT2D eigenvalue weighted by Crippen LogP contribution is 2.34. The summed E-state index contributed by atoms with van der Waals surface area (Å²) in [5, 5.41) is 4.47. The van der Waals surface area contributed by atoms with Gasteiger partial charge >= 0.3 is 0 Å². The Labute approximate surface area is 127 Å². The summed E-state index contributed by atoms with van der Waals surface area (Å²) in [7, 11) is 0. The first kappa shape index (κ1) is 16.1. The first-order chi connectivity index (χ1) is 8.54. The molecule has 1 atom stereocenters. The summed E-state index contributed by atoms with van der Waals surface area (Å²) >= 11 is 15.4. The highest BCUT2D eigenvalue weighted by Gasteiger charge is 2.10. The van der Waals surface area contributed by atoms with Gasteiger partial charge in [0.1, 0.15) is 5.75 Å². The van der Waals surface area contributed by atoms with E-state index in [-0.39, 0.29) is 6.10 Å². The third-order valence-corrected chi connectivity index (χ3v) is 4.01. The lowest BCUT2D eigenvalue weighted by Crippen LogP contribution is -2.18. The second-order valence-electron chi connectivity index (χ2n) is 4.12. The van der Waals surface area contributed by atoms with Crippen LogP contribution in [-0.4, -0.2) is 19.2 Å². The minimum absolute atomic E-state index is 0.124. The second kappa shape index (κ2) is 8.26. The molecule has 1 aromatic rings. The Hall–Kier alpha value is 0.0400. The lowest BCUT2D eigenvalue weighted by Gasteiger charge is -2.16. The third kappa shape index (κ3) is 5.35. The maximum atomic E-state index is 6.10. The molecule has 1 unspecified atom stereocenters. The molecule has 0 fully saturated rings. The van der Waals surface area contributed by atoms with Gasteiger partial charge in [0.25, 0.3) is 0 Å². The Balaban J connectivity index is 2.48. The number of benzene rings is 1. The summed E-state index contributed by atoms with van der Waals surface area (Å²) in [6, 6.07) is 3.50. The Kier molecular flexibility index (Phi) is 7.38. The van der Waals surface area contributed by atoms with Gasteiger partial charge in [-0.2, -0.15) is 0 Å². The predicted molar refractivity (Wildman–Crippen MR) is 82.0 cm³/mol. The molecule has 2 nitrogen and oxygen atoms in total. The number of hydrogen-bond acceptors (Lipinski definition) is 2. The summed E-state index contributed by atoms with van der Waals surface area (Å²) < 4.78 is 6.58. The topological polar surface area (TPSA) is 21.3 Å². The van der Waals surface area contributed by atoms with Crippen molar-refractivity contribution in [3.8, 4) is 5.75 Å². The number of halogens is 3. The molecule has 102 valence electrons. The van der Waals surface area contributed by atoms with Gasteiger partial charge in [0.15, 0.2) is 0 Å². The van der Waals surface area contributed by atoms with E-state index in [1.807, 2.05) is 6.92 Å². The number of hydrogen-bond donors (Lipinski definition) is 1. The van der Waals surface area contributed by atoms with Crippen LogP contribution >= 0.6 is 39.1 Å². The van der Waals surface area contributed by atoms with E-state index in [2.05, 4.69) is 28.2 Å². The number of rotatable bonds is 7. The van der Waals surface area contributed by atoms with Crippen molar-refractivity contribution in [1.82, 2.24) is 5.32 Å². The molecule has 1 aromatic carbocycles. The van der Waals surface area contributed by atoms with Crippen molar-refractivity contribution in [2.24, 2.45) is 0 Å². The zero-order valence-corrected chi connectivity index (χ0v) is 13.7. The molecule has 0 bridgehead atoms. The standard InChI is InChI=1S/C13H18BrCl2NO/c1-3-17-6-4-5-9(2)18-13-8-11(15)10(14)7-12(13)16/h7-9,17H,3-6H2,1-2H3. The molecule has 0 aliphatic carbocycles. The molecule has 0 heterocycles.